The molecule has 0 heterocycles. The molecule has 4 heteroatoms. The molecule has 0 saturated carbocycles. The first-order valence-electron chi connectivity index (χ1n) is 9.80. The van der Waals surface area contributed by atoms with Crippen LogP contribution in [0.1, 0.15) is 39.5 Å². The van der Waals surface area contributed by atoms with Crippen LogP contribution in [-0.2, 0) is 6.61 Å². The van der Waals surface area contributed by atoms with Gasteiger partial charge in [0.25, 0.3) is 5.91 Å². The molecule has 0 unspecified atom stereocenters. The predicted molar refractivity (Wildman–Crippen MR) is 117 cm³/mol. The second kappa shape index (κ2) is 9.28. The lowest BCUT2D eigenvalue weighted by molar-refractivity contribution is 0.102. The predicted octanol–water partition coefficient (Wildman–Crippen LogP) is 5.84. The van der Waals surface area contributed by atoms with Crippen molar-refractivity contribution in [2.45, 2.75) is 34.3 Å². The second-order valence-electron chi connectivity index (χ2n) is 7.12. The number of amides is 1. The summed E-state index contributed by atoms with van der Waals surface area (Å²) in [5, 5.41) is 2.94. The minimum atomic E-state index is -0.181. The van der Waals surface area contributed by atoms with E-state index in [9.17, 15) is 4.79 Å². The highest BCUT2D eigenvalue weighted by Crippen LogP contribution is 2.30. The van der Waals surface area contributed by atoms with Crippen LogP contribution >= 0.6 is 0 Å². The Labute approximate surface area is 172 Å². The maximum Gasteiger partial charge on any atom is 0.255 e. The van der Waals surface area contributed by atoms with Gasteiger partial charge in [0.1, 0.15) is 6.61 Å². The van der Waals surface area contributed by atoms with Gasteiger partial charge in [0.2, 0.25) is 0 Å². The Kier molecular flexibility index (Phi) is 6.55. The molecule has 3 rings (SSSR count). The first-order valence-corrected chi connectivity index (χ1v) is 9.80. The van der Waals surface area contributed by atoms with Gasteiger partial charge in [0.15, 0.2) is 11.5 Å². The highest BCUT2D eigenvalue weighted by molar-refractivity contribution is 6.04. The third-order valence-electron chi connectivity index (χ3n) is 4.79. The average molecular weight is 389 g/mol. The van der Waals surface area contributed by atoms with E-state index in [4.69, 9.17) is 9.47 Å². The average Bonchev–Trinajstić information content (AvgIpc) is 2.71. The lowest BCUT2D eigenvalue weighted by atomic mass is 10.1. The molecule has 0 bridgehead atoms. The van der Waals surface area contributed by atoms with Crippen molar-refractivity contribution in [1.29, 1.82) is 0 Å². The number of aryl methyl sites for hydroxylation is 3. The van der Waals surface area contributed by atoms with E-state index < -0.39 is 0 Å². The summed E-state index contributed by atoms with van der Waals surface area (Å²) >= 11 is 0. The Morgan fingerprint density at radius 2 is 1.59 bits per heavy atom. The summed E-state index contributed by atoms with van der Waals surface area (Å²) in [5.74, 6) is 1.00. The Bertz CT molecular complexity index is 993. The normalized spacial score (nSPS) is 10.5. The van der Waals surface area contributed by atoms with Crippen LogP contribution in [0.25, 0.3) is 0 Å². The van der Waals surface area contributed by atoms with Gasteiger partial charge in [-0.3, -0.25) is 4.79 Å². The molecule has 29 heavy (non-hydrogen) atoms. The maximum absolute atomic E-state index is 12.7. The minimum Gasteiger partial charge on any atom is -0.490 e. The molecule has 0 spiro atoms. The number of carbonyl (C=O) groups is 1. The largest absolute Gasteiger partial charge is 0.490 e. The molecule has 0 fully saturated rings. The number of nitrogens with one attached hydrogen (secondary N) is 1. The van der Waals surface area contributed by atoms with Gasteiger partial charge in [-0.1, -0.05) is 35.9 Å². The molecule has 0 aliphatic heterocycles. The summed E-state index contributed by atoms with van der Waals surface area (Å²) in [6.45, 7) is 8.96. The molecule has 0 aromatic heterocycles. The van der Waals surface area contributed by atoms with Gasteiger partial charge in [-0.25, -0.2) is 0 Å². The molecule has 3 aromatic carbocycles. The van der Waals surface area contributed by atoms with Gasteiger partial charge in [0.05, 0.1) is 6.61 Å². The Balaban J connectivity index is 1.74. The highest BCUT2D eigenvalue weighted by Gasteiger charge is 2.12. The van der Waals surface area contributed by atoms with Crippen LogP contribution in [0.5, 0.6) is 11.5 Å². The van der Waals surface area contributed by atoms with E-state index in [1.54, 1.807) is 18.2 Å². The molecule has 0 aliphatic rings. The van der Waals surface area contributed by atoms with Crippen LogP contribution < -0.4 is 14.8 Å². The summed E-state index contributed by atoms with van der Waals surface area (Å²) in [5.41, 5.74) is 5.91. The summed E-state index contributed by atoms with van der Waals surface area (Å²) < 4.78 is 11.7. The first-order chi connectivity index (χ1) is 14.0. The summed E-state index contributed by atoms with van der Waals surface area (Å²) in [6, 6.07) is 19.3. The van der Waals surface area contributed by atoms with Gasteiger partial charge >= 0.3 is 0 Å². The number of ether oxygens (including phenoxy) is 2. The van der Waals surface area contributed by atoms with Gasteiger partial charge in [-0.2, -0.15) is 0 Å². The lowest BCUT2D eigenvalue weighted by Gasteiger charge is -2.14. The third-order valence-corrected chi connectivity index (χ3v) is 4.79. The molecule has 1 N–H and O–H groups in total. The molecule has 150 valence electrons. The van der Waals surface area contributed by atoms with Gasteiger partial charge < -0.3 is 14.8 Å². The van der Waals surface area contributed by atoms with Crippen LogP contribution in [0.3, 0.4) is 0 Å². The number of hydrogen-bond donors (Lipinski definition) is 1. The number of benzene rings is 3. The van der Waals surface area contributed by atoms with E-state index in [0.29, 0.717) is 30.3 Å². The van der Waals surface area contributed by atoms with E-state index >= 15 is 0 Å². The van der Waals surface area contributed by atoms with Gasteiger partial charge in [-0.05, 0) is 74.7 Å². The van der Waals surface area contributed by atoms with E-state index in [1.807, 2.05) is 51.1 Å². The number of carbonyl (C=O) groups excluding carboxylic acids is 1. The topological polar surface area (TPSA) is 47.6 Å². The molecule has 4 nitrogen and oxygen atoms in total. The lowest BCUT2D eigenvalue weighted by Crippen LogP contribution is -2.12. The zero-order valence-corrected chi connectivity index (χ0v) is 17.4. The minimum absolute atomic E-state index is 0.181. The number of rotatable bonds is 7. The van der Waals surface area contributed by atoms with Crippen molar-refractivity contribution in [1.82, 2.24) is 0 Å². The monoisotopic (exact) mass is 389 g/mol. The number of anilines is 1. The van der Waals surface area contributed by atoms with Crippen LogP contribution in [0.2, 0.25) is 0 Å². The molecular weight excluding hydrogens is 362 g/mol. The standard InChI is InChI=1S/C25H27NO3/c1-5-28-24-15-21(25(27)26-22-12-8-18(3)19(4)14-22)11-13-23(24)29-16-20-9-6-17(2)7-10-20/h6-15H,5,16H2,1-4H3,(H,26,27). The molecule has 1 amide bonds. The summed E-state index contributed by atoms with van der Waals surface area (Å²) in [6.07, 6.45) is 0. The number of hydrogen-bond acceptors (Lipinski definition) is 3. The zero-order valence-electron chi connectivity index (χ0n) is 17.4. The van der Waals surface area contributed by atoms with Crippen LogP contribution in [0.4, 0.5) is 5.69 Å². The van der Waals surface area contributed by atoms with Crippen LogP contribution in [0.15, 0.2) is 60.7 Å². The maximum atomic E-state index is 12.7. The molecule has 0 atom stereocenters. The van der Waals surface area contributed by atoms with Crippen molar-refractivity contribution in [3.05, 3.63) is 88.5 Å². The van der Waals surface area contributed by atoms with Gasteiger partial charge in [-0.15, -0.1) is 0 Å². The van der Waals surface area contributed by atoms with E-state index in [2.05, 4.69) is 24.4 Å². The fraction of sp³-hybridized carbons (Fsp3) is 0.240. The second-order valence-corrected chi connectivity index (χ2v) is 7.12. The van der Waals surface area contributed by atoms with E-state index in [0.717, 1.165) is 16.8 Å². The quantitative estimate of drug-likeness (QED) is 0.552. The van der Waals surface area contributed by atoms with Crippen molar-refractivity contribution in [2.24, 2.45) is 0 Å². The summed E-state index contributed by atoms with van der Waals surface area (Å²) in [7, 11) is 0. The molecule has 0 saturated heterocycles. The summed E-state index contributed by atoms with van der Waals surface area (Å²) in [4.78, 5) is 12.7. The highest BCUT2D eigenvalue weighted by atomic mass is 16.5. The Hall–Kier alpha value is -3.27. The van der Waals surface area contributed by atoms with Crippen molar-refractivity contribution < 1.29 is 14.3 Å². The molecular formula is C25H27NO3. The van der Waals surface area contributed by atoms with E-state index in [-0.39, 0.29) is 5.91 Å². The SMILES string of the molecule is CCOc1cc(C(=O)Nc2ccc(C)c(C)c2)ccc1OCc1ccc(C)cc1. The third kappa shape index (κ3) is 5.38. The van der Waals surface area contributed by atoms with Crippen molar-refractivity contribution in [3.8, 4) is 11.5 Å². The Morgan fingerprint density at radius 1 is 0.828 bits per heavy atom. The fourth-order valence-corrected chi connectivity index (χ4v) is 2.90. The zero-order chi connectivity index (χ0) is 20.8. The van der Waals surface area contributed by atoms with E-state index in [1.165, 1.54) is 11.1 Å². The molecule has 0 radical (unpaired) electrons. The molecule has 0 aliphatic carbocycles. The van der Waals surface area contributed by atoms with Gasteiger partial charge in [0, 0.05) is 11.3 Å². The van der Waals surface area contributed by atoms with Crippen LogP contribution in [-0.4, -0.2) is 12.5 Å². The first kappa shape index (κ1) is 20.5. The smallest absolute Gasteiger partial charge is 0.255 e. The van der Waals surface area contributed by atoms with Crippen molar-refractivity contribution >= 4 is 11.6 Å². The van der Waals surface area contributed by atoms with Crippen molar-refractivity contribution in [2.75, 3.05) is 11.9 Å². The molecule has 3 aromatic rings. The Morgan fingerprint density at radius 3 is 2.28 bits per heavy atom. The fourth-order valence-electron chi connectivity index (χ4n) is 2.90. The van der Waals surface area contributed by atoms with Crippen molar-refractivity contribution in [3.63, 3.8) is 0 Å². The van der Waals surface area contributed by atoms with Crippen LogP contribution in [0, 0.1) is 20.8 Å².